The van der Waals surface area contributed by atoms with Crippen LogP contribution < -0.4 is 14.2 Å². The second-order valence-electron chi connectivity index (χ2n) is 7.82. The number of nitrogens with zero attached hydrogens (tertiary/aromatic N) is 2. The zero-order valence-corrected chi connectivity index (χ0v) is 18.1. The normalized spacial score (nSPS) is 13.5. The fourth-order valence-electron chi connectivity index (χ4n) is 4.52. The molecule has 1 aliphatic rings. The van der Waals surface area contributed by atoms with Crippen molar-refractivity contribution in [2.45, 2.75) is 13.0 Å². The molecule has 4 aromatic rings. The second-order valence-corrected chi connectivity index (χ2v) is 7.82. The number of rotatable bonds is 4. The molecule has 0 saturated heterocycles. The fourth-order valence-corrected chi connectivity index (χ4v) is 4.52. The minimum atomic E-state index is 0.00242. The third-order valence-electron chi connectivity index (χ3n) is 6.24. The topological polar surface area (TPSA) is 68.7 Å². The Balaban J connectivity index is 1.53. The van der Waals surface area contributed by atoms with Crippen molar-refractivity contribution < 1.29 is 19.0 Å². The number of H-pyrrole nitrogens is 1. The molecule has 160 valence electrons. The molecule has 1 amide bonds. The Morgan fingerprint density at radius 3 is 2.52 bits per heavy atom. The number of benzene rings is 2. The van der Waals surface area contributed by atoms with E-state index in [1.807, 2.05) is 52.9 Å². The summed E-state index contributed by atoms with van der Waals surface area (Å²) in [5, 5.41) is 2.00. The zero-order valence-electron chi connectivity index (χ0n) is 18.1. The molecule has 0 unspecified atom stereocenters. The van der Waals surface area contributed by atoms with Gasteiger partial charge in [-0.15, -0.1) is 0 Å². The van der Waals surface area contributed by atoms with E-state index in [2.05, 4.69) is 4.98 Å². The van der Waals surface area contributed by atoms with Crippen LogP contribution in [0.1, 0.15) is 21.7 Å². The summed E-state index contributed by atoms with van der Waals surface area (Å²) in [5.74, 6) is 2.20. The predicted octanol–water partition coefficient (Wildman–Crippen LogP) is 3.88. The lowest BCUT2D eigenvalue weighted by Crippen LogP contribution is -2.36. The van der Waals surface area contributed by atoms with Crippen molar-refractivity contribution in [2.75, 3.05) is 27.9 Å². The monoisotopic (exact) mass is 419 g/mol. The second kappa shape index (κ2) is 7.27. The van der Waals surface area contributed by atoms with Gasteiger partial charge in [0, 0.05) is 66.2 Å². The summed E-state index contributed by atoms with van der Waals surface area (Å²) >= 11 is 0. The number of aromatic amines is 1. The predicted molar refractivity (Wildman–Crippen MR) is 119 cm³/mol. The minimum absolute atomic E-state index is 0.00242. The van der Waals surface area contributed by atoms with Gasteiger partial charge in [0.25, 0.3) is 5.91 Å². The number of amides is 1. The minimum Gasteiger partial charge on any atom is -0.497 e. The molecule has 31 heavy (non-hydrogen) atoms. The highest BCUT2D eigenvalue weighted by Crippen LogP contribution is 2.35. The van der Waals surface area contributed by atoms with Gasteiger partial charge in [0.05, 0.1) is 26.8 Å². The molecule has 0 aliphatic carbocycles. The standard InChI is InChI=1S/C24H25N3O4/c1-26-21-10-15(30-3)11-23(31-4)17(21)12-22(26)24(28)27-8-7-20-18(13-27)16-9-14(29-2)5-6-19(16)25-20/h5-6,9-12,25H,7-8,13H2,1-4H3. The Morgan fingerprint density at radius 2 is 1.77 bits per heavy atom. The first-order valence-electron chi connectivity index (χ1n) is 10.2. The Bertz CT molecular complexity index is 1320. The third kappa shape index (κ3) is 3.00. The van der Waals surface area contributed by atoms with Crippen LogP contribution in [0.5, 0.6) is 17.2 Å². The van der Waals surface area contributed by atoms with E-state index in [1.54, 1.807) is 21.3 Å². The molecule has 0 spiro atoms. The summed E-state index contributed by atoms with van der Waals surface area (Å²) in [5.41, 5.74) is 4.94. The van der Waals surface area contributed by atoms with Crippen LogP contribution in [-0.2, 0) is 20.0 Å². The maximum atomic E-state index is 13.5. The fraction of sp³-hybridized carbons (Fsp3) is 0.292. The van der Waals surface area contributed by atoms with Gasteiger partial charge >= 0.3 is 0 Å². The smallest absolute Gasteiger partial charge is 0.270 e. The van der Waals surface area contributed by atoms with Crippen LogP contribution in [0.4, 0.5) is 0 Å². The van der Waals surface area contributed by atoms with Gasteiger partial charge in [0.2, 0.25) is 0 Å². The van der Waals surface area contributed by atoms with E-state index in [9.17, 15) is 4.79 Å². The molecule has 7 heteroatoms. The first-order valence-corrected chi connectivity index (χ1v) is 10.2. The molecule has 2 aromatic carbocycles. The van der Waals surface area contributed by atoms with Crippen LogP contribution in [0.15, 0.2) is 36.4 Å². The van der Waals surface area contributed by atoms with Crippen LogP contribution in [0.3, 0.4) is 0 Å². The average molecular weight is 419 g/mol. The van der Waals surface area contributed by atoms with Crippen LogP contribution in [0.2, 0.25) is 0 Å². The van der Waals surface area contributed by atoms with Gasteiger partial charge in [0.1, 0.15) is 22.9 Å². The summed E-state index contributed by atoms with van der Waals surface area (Å²) in [6, 6.07) is 11.7. The summed E-state index contributed by atoms with van der Waals surface area (Å²) in [6.45, 7) is 1.22. The molecule has 0 bridgehead atoms. The van der Waals surface area contributed by atoms with E-state index < -0.39 is 0 Å². The molecular formula is C24H25N3O4. The van der Waals surface area contributed by atoms with E-state index in [4.69, 9.17) is 14.2 Å². The number of fused-ring (bicyclic) bond motifs is 4. The van der Waals surface area contributed by atoms with Gasteiger partial charge in [-0.2, -0.15) is 0 Å². The van der Waals surface area contributed by atoms with Crippen molar-refractivity contribution in [1.29, 1.82) is 0 Å². The Hall–Kier alpha value is -3.61. The SMILES string of the molecule is COc1ccc2[nH]c3c(c2c1)CN(C(=O)c1cc2c(OC)cc(OC)cc2n1C)CC3. The molecule has 7 nitrogen and oxygen atoms in total. The van der Waals surface area contributed by atoms with Crippen LogP contribution in [0, 0.1) is 0 Å². The Kier molecular flexibility index (Phi) is 4.54. The summed E-state index contributed by atoms with van der Waals surface area (Å²) in [7, 11) is 6.82. The summed E-state index contributed by atoms with van der Waals surface area (Å²) < 4.78 is 18.2. The number of hydrogen-bond acceptors (Lipinski definition) is 4. The van der Waals surface area contributed by atoms with E-state index in [0.717, 1.165) is 39.5 Å². The number of methoxy groups -OCH3 is 3. The van der Waals surface area contributed by atoms with Crippen molar-refractivity contribution in [3.8, 4) is 17.2 Å². The maximum absolute atomic E-state index is 13.5. The van der Waals surface area contributed by atoms with Crippen LogP contribution >= 0.6 is 0 Å². The van der Waals surface area contributed by atoms with E-state index in [-0.39, 0.29) is 5.91 Å². The molecular weight excluding hydrogens is 394 g/mol. The Morgan fingerprint density at radius 1 is 0.968 bits per heavy atom. The van der Waals surface area contributed by atoms with Gasteiger partial charge in [-0.3, -0.25) is 4.79 Å². The lowest BCUT2D eigenvalue weighted by molar-refractivity contribution is 0.0726. The quantitative estimate of drug-likeness (QED) is 0.545. The number of aromatic nitrogens is 2. The first kappa shape index (κ1) is 19.4. The highest BCUT2D eigenvalue weighted by Gasteiger charge is 2.27. The van der Waals surface area contributed by atoms with Crippen molar-refractivity contribution in [2.24, 2.45) is 7.05 Å². The molecule has 1 N–H and O–H groups in total. The van der Waals surface area contributed by atoms with E-state index >= 15 is 0 Å². The van der Waals surface area contributed by atoms with Crippen molar-refractivity contribution in [1.82, 2.24) is 14.5 Å². The van der Waals surface area contributed by atoms with Gasteiger partial charge in [-0.25, -0.2) is 0 Å². The average Bonchev–Trinajstić information content (AvgIpc) is 3.34. The number of hydrogen-bond donors (Lipinski definition) is 1. The van der Waals surface area contributed by atoms with Crippen molar-refractivity contribution in [3.63, 3.8) is 0 Å². The molecule has 0 atom stereocenters. The molecule has 2 aromatic heterocycles. The zero-order chi connectivity index (χ0) is 21.7. The summed E-state index contributed by atoms with van der Waals surface area (Å²) in [6.07, 6.45) is 0.791. The highest BCUT2D eigenvalue weighted by molar-refractivity contribution is 6.01. The van der Waals surface area contributed by atoms with Crippen LogP contribution in [0.25, 0.3) is 21.8 Å². The molecule has 3 heterocycles. The van der Waals surface area contributed by atoms with Gasteiger partial charge in [-0.05, 0) is 24.3 Å². The van der Waals surface area contributed by atoms with Gasteiger partial charge in [-0.1, -0.05) is 0 Å². The van der Waals surface area contributed by atoms with E-state index in [0.29, 0.717) is 30.3 Å². The Labute approximate surface area is 180 Å². The van der Waals surface area contributed by atoms with E-state index in [1.165, 1.54) is 5.69 Å². The van der Waals surface area contributed by atoms with Crippen molar-refractivity contribution in [3.05, 3.63) is 53.3 Å². The number of aryl methyl sites for hydroxylation is 1. The third-order valence-corrected chi connectivity index (χ3v) is 6.24. The number of ether oxygens (including phenoxy) is 3. The molecule has 0 fully saturated rings. The maximum Gasteiger partial charge on any atom is 0.270 e. The number of carbonyl (C=O) groups excluding carboxylic acids is 1. The van der Waals surface area contributed by atoms with Crippen LogP contribution in [-0.4, -0.2) is 48.2 Å². The first-order chi connectivity index (χ1) is 15.0. The highest BCUT2D eigenvalue weighted by atomic mass is 16.5. The lowest BCUT2D eigenvalue weighted by Gasteiger charge is -2.27. The number of carbonyl (C=O) groups is 1. The lowest BCUT2D eigenvalue weighted by atomic mass is 10.0. The van der Waals surface area contributed by atoms with Crippen molar-refractivity contribution >= 4 is 27.7 Å². The molecule has 1 aliphatic heterocycles. The number of nitrogens with one attached hydrogen (secondary N) is 1. The summed E-state index contributed by atoms with van der Waals surface area (Å²) in [4.78, 5) is 18.9. The van der Waals surface area contributed by atoms with Gasteiger partial charge < -0.3 is 28.7 Å². The molecule has 0 saturated carbocycles. The molecule has 5 rings (SSSR count). The molecule has 0 radical (unpaired) electrons. The van der Waals surface area contributed by atoms with Gasteiger partial charge in [0.15, 0.2) is 0 Å². The largest absolute Gasteiger partial charge is 0.497 e.